The Kier molecular flexibility index (Phi) is 5.72. The molecule has 0 atom stereocenters. The SMILES string of the molecule is Cc1cc(Cl)ccc1NC(=S)N1CCN(c2cc(Cl)ccc2C)CC1. The molecule has 0 radical (unpaired) electrons. The molecule has 6 heteroatoms. The van der Waals surface area contributed by atoms with Crippen LogP contribution in [0.5, 0.6) is 0 Å². The third kappa shape index (κ3) is 4.38. The highest BCUT2D eigenvalue weighted by atomic mass is 35.5. The number of hydrogen-bond donors (Lipinski definition) is 1. The second-order valence-electron chi connectivity index (χ2n) is 6.29. The van der Waals surface area contributed by atoms with E-state index in [1.54, 1.807) is 0 Å². The fourth-order valence-electron chi connectivity index (χ4n) is 3.04. The predicted molar refractivity (Wildman–Crippen MR) is 112 cm³/mol. The molecule has 0 amide bonds. The molecule has 132 valence electrons. The maximum absolute atomic E-state index is 6.15. The summed E-state index contributed by atoms with van der Waals surface area (Å²) < 4.78 is 0. The van der Waals surface area contributed by atoms with E-state index >= 15 is 0 Å². The predicted octanol–water partition coefficient (Wildman–Crippen LogP) is 5.13. The van der Waals surface area contributed by atoms with E-state index in [1.807, 2.05) is 37.3 Å². The molecule has 1 heterocycles. The molecule has 2 aromatic rings. The van der Waals surface area contributed by atoms with Gasteiger partial charge in [-0.3, -0.25) is 0 Å². The smallest absolute Gasteiger partial charge is 0.173 e. The highest BCUT2D eigenvalue weighted by Gasteiger charge is 2.20. The van der Waals surface area contributed by atoms with Gasteiger partial charge in [-0.25, -0.2) is 0 Å². The Labute approximate surface area is 164 Å². The largest absolute Gasteiger partial charge is 0.368 e. The molecular formula is C19H21Cl2N3S. The van der Waals surface area contributed by atoms with Crippen molar-refractivity contribution in [3.05, 3.63) is 57.6 Å². The van der Waals surface area contributed by atoms with Crippen LogP contribution in [0.2, 0.25) is 10.0 Å². The number of halogens is 2. The summed E-state index contributed by atoms with van der Waals surface area (Å²) in [7, 11) is 0. The molecule has 0 aliphatic carbocycles. The number of piperazine rings is 1. The molecule has 3 nitrogen and oxygen atoms in total. The van der Waals surface area contributed by atoms with Gasteiger partial charge in [-0.05, 0) is 67.5 Å². The average molecular weight is 394 g/mol. The summed E-state index contributed by atoms with van der Waals surface area (Å²) in [5.74, 6) is 0. The number of nitrogens with one attached hydrogen (secondary N) is 1. The van der Waals surface area contributed by atoms with Crippen LogP contribution in [-0.2, 0) is 0 Å². The van der Waals surface area contributed by atoms with Crippen LogP contribution in [0.15, 0.2) is 36.4 Å². The standard InChI is InChI=1S/C19H21Cl2N3S/c1-13-3-4-16(21)12-18(13)23-7-9-24(10-8-23)19(25)22-17-6-5-15(20)11-14(17)2/h3-6,11-12H,7-10H2,1-2H3,(H,22,25). The van der Waals surface area contributed by atoms with Gasteiger partial charge in [0.15, 0.2) is 5.11 Å². The lowest BCUT2D eigenvalue weighted by Gasteiger charge is -2.38. The van der Waals surface area contributed by atoms with Crippen molar-refractivity contribution in [2.45, 2.75) is 13.8 Å². The zero-order valence-electron chi connectivity index (χ0n) is 14.4. The first kappa shape index (κ1) is 18.3. The van der Waals surface area contributed by atoms with Crippen LogP contribution in [0.4, 0.5) is 11.4 Å². The first-order valence-electron chi connectivity index (χ1n) is 8.27. The van der Waals surface area contributed by atoms with Gasteiger partial charge in [0.2, 0.25) is 0 Å². The van der Waals surface area contributed by atoms with E-state index in [1.165, 1.54) is 11.3 Å². The number of benzene rings is 2. The molecule has 0 spiro atoms. The third-order valence-electron chi connectivity index (χ3n) is 4.51. The molecule has 3 rings (SSSR count). The van der Waals surface area contributed by atoms with E-state index in [0.717, 1.165) is 52.6 Å². The second kappa shape index (κ2) is 7.81. The van der Waals surface area contributed by atoms with Gasteiger partial charge in [-0.2, -0.15) is 0 Å². The van der Waals surface area contributed by atoms with Crippen molar-refractivity contribution >= 4 is 51.9 Å². The van der Waals surface area contributed by atoms with Crippen LogP contribution in [0.3, 0.4) is 0 Å². The minimum Gasteiger partial charge on any atom is -0.368 e. The van der Waals surface area contributed by atoms with Gasteiger partial charge in [0.25, 0.3) is 0 Å². The molecule has 1 fully saturated rings. The van der Waals surface area contributed by atoms with E-state index in [4.69, 9.17) is 35.4 Å². The summed E-state index contributed by atoms with van der Waals surface area (Å²) in [5, 5.41) is 5.61. The van der Waals surface area contributed by atoms with Gasteiger partial charge >= 0.3 is 0 Å². The number of thiocarbonyl (C=S) groups is 1. The molecule has 0 unspecified atom stereocenters. The summed E-state index contributed by atoms with van der Waals surface area (Å²) in [6.45, 7) is 7.74. The molecule has 2 aromatic carbocycles. The van der Waals surface area contributed by atoms with Crippen molar-refractivity contribution in [2.24, 2.45) is 0 Å². The zero-order chi connectivity index (χ0) is 18.0. The highest BCUT2D eigenvalue weighted by molar-refractivity contribution is 7.80. The minimum atomic E-state index is 0.736. The lowest BCUT2D eigenvalue weighted by molar-refractivity contribution is 0.390. The normalized spacial score (nSPS) is 14.6. The van der Waals surface area contributed by atoms with Crippen LogP contribution >= 0.6 is 35.4 Å². The van der Waals surface area contributed by atoms with E-state index in [-0.39, 0.29) is 0 Å². The summed E-state index contributed by atoms with van der Waals surface area (Å²) in [6, 6.07) is 11.8. The molecule has 1 aliphatic rings. The molecule has 1 saturated heterocycles. The lowest BCUT2D eigenvalue weighted by Crippen LogP contribution is -2.50. The van der Waals surface area contributed by atoms with Crippen LogP contribution in [0, 0.1) is 13.8 Å². The maximum atomic E-state index is 6.15. The van der Waals surface area contributed by atoms with Crippen molar-refractivity contribution in [3.63, 3.8) is 0 Å². The Bertz CT molecular complexity index is 786. The number of anilines is 2. The van der Waals surface area contributed by atoms with Crippen molar-refractivity contribution in [1.29, 1.82) is 0 Å². The minimum absolute atomic E-state index is 0.736. The topological polar surface area (TPSA) is 18.5 Å². The van der Waals surface area contributed by atoms with Crippen LogP contribution < -0.4 is 10.2 Å². The van der Waals surface area contributed by atoms with Crippen LogP contribution in [0.1, 0.15) is 11.1 Å². The van der Waals surface area contributed by atoms with Crippen molar-refractivity contribution in [3.8, 4) is 0 Å². The Morgan fingerprint density at radius 3 is 2.24 bits per heavy atom. The molecule has 0 saturated carbocycles. The van der Waals surface area contributed by atoms with Crippen LogP contribution in [-0.4, -0.2) is 36.2 Å². The van der Waals surface area contributed by atoms with Gasteiger partial charge in [0.05, 0.1) is 0 Å². The van der Waals surface area contributed by atoms with Gasteiger partial charge in [-0.15, -0.1) is 0 Å². The Balaban J connectivity index is 1.62. The Morgan fingerprint density at radius 2 is 1.56 bits per heavy atom. The molecule has 1 aliphatic heterocycles. The summed E-state index contributed by atoms with van der Waals surface area (Å²) in [4.78, 5) is 4.58. The number of rotatable bonds is 2. The quantitative estimate of drug-likeness (QED) is 0.712. The Morgan fingerprint density at radius 1 is 0.920 bits per heavy atom. The monoisotopic (exact) mass is 393 g/mol. The van der Waals surface area contributed by atoms with Gasteiger partial charge in [0.1, 0.15) is 0 Å². The fourth-order valence-corrected chi connectivity index (χ4v) is 3.72. The van der Waals surface area contributed by atoms with Crippen molar-refractivity contribution in [1.82, 2.24) is 4.90 Å². The summed E-state index contributed by atoms with van der Waals surface area (Å²) in [5.41, 5.74) is 4.54. The number of aryl methyl sites for hydroxylation is 2. The number of hydrogen-bond acceptors (Lipinski definition) is 2. The highest BCUT2D eigenvalue weighted by Crippen LogP contribution is 2.26. The summed E-state index contributed by atoms with van der Waals surface area (Å²) in [6.07, 6.45) is 0. The van der Waals surface area contributed by atoms with Crippen molar-refractivity contribution < 1.29 is 0 Å². The van der Waals surface area contributed by atoms with E-state index in [2.05, 4.69) is 28.1 Å². The molecule has 1 N–H and O–H groups in total. The average Bonchev–Trinajstić information content (AvgIpc) is 2.59. The van der Waals surface area contributed by atoms with E-state index < -0.39 is 0 Å². The lowest BCUT2D eigenvalue weighted by atomic mass is 10.1. The van der Waals surface area contributed by atoms with E-state index in [0.29, 0.717) is 0 Å². The molecule has 25 heavy (non-hydrogen) atoms. The first-order valence-corrected chi connectivity index (χ1v) is 9.43. The summed E-state index contributed by atoms with van der Waals surface area (Å²) >= 11 is 17.8. The fraction of sp³-hybridized carbons (Fsp3) is 0.316. The zero-order valence-corrected chi connectivity index (χ0v) is 16.7. The molecular weight excluding hydrogens is 373 g/mol. The molecule has 0 aromatic heterocycles. The number of nitrogens with zero attached hydrogens (tertiary/aromatic N) is 2. The van der Waals surface area contributed by atoms with Crippen LogP contribution in [0.25, 0.3) is 0 Å². The Hall–Kier alpha value is -1.49. The van der Waals surface area contributed by atoms with Gasteiger partial charge < -0.3 is 15.1 Å². The van der Waals surface area contributed by atoms with Gasteiger partial charge in [0, 0.05) is 47.6 Å². The van der Waals surface area contributed by atoms with E-state index in [9.17, 15) is 0 Å². The maximum Gasteiger partial charge on any atom is 0.173 e. The van der Waals surface area contributed by atoms with Gasteiger partial charge in [-0.1, -0.05) is 29.3 Å². The second-order valence-corrected chi connectivity index (χ2v) is 7.55. The molecule has 0 bridgehead atoms. The first-order chi connectivity index (χ1) is 11.9. The van der Waals surface area contributed by atoms with Crippen molar-refractivity contribution in [2.75, 3.05) is 36.4 Å². The third-order valence-corrected chi connectivity index (χ3v) is 5.34.